The van der Waals surface area contributed by atoms with E-state index in [1.54, 1.807) is 0 Å². The molecule has 0 atom stereocenters. The Hall–Kier alpha value is -3.30. The Labute approximate surface area is 136 Å². The fraction of sp³-hybridized carbons (Fsp3) is 0.286. The number of hydrogen-bond acceptors (Lipinski definition) is 8. The smallest absolute Gasteiger partial charge is 0.370 e. The zero-order valence-electron chi connectivity index (χ0n) is 12.6. The highest BCUT2D eigenvalue weighted by Gasteiger charge is 2.12. The van der Waals surface area contributed by atoms with E-state index in [0.717, 1.165) is 6.08 Å². The number of aliphatic carboxylic acids is 1. The van der Waals surface area contributed by atoms with Crippen LogP contribution in [0.15, 0.2) is 24.0 Å². The molecule has 0 aliphatic carbocycles. The number of carboxylic acids is 1. The molecule has 1 rings (SSSR count). The third-order valence-corrected chi connectivity index (χ3v) is 2.66. The van der Waals surface area contributed by atoms with Crippen LogP contribution in [0.3, 0.4) is 0 Å². The number of nitrogens with zero attached hydrogens (tertiary/aromatic N) is 1. The normalized spacial score (nSPS) is 10.8. The fourth-order valence-corrected chi connectivity index (χ4v) is 1.61. The average molecular weight is 341 g/mol. The maximum Gasteiger partial charge on any atom is 0.370 e. The van der Waals surface area contributed by atoms with Gasteiger partial charge in [-0.2, -0.15) is 0 Å². The van der Waals surface area contributed by atoms with Crippen LogP contribution in [0.1, 0.15) is 18.4 Å². The molecular weight excluding hydrogens is 326 g/mol. The van der Waals surface area contributed by atoms with Crippen LogP contribution >= 0.6 is 0 Å². The van der Waals surface area contributed by atoms with Crippen molar-refractivity contribution in [2.45, 2.75) is 12.8 Å². The molecule has 2 N–H and O–H groups in total. The Morgan fingerprint density at radius 2 is 2.00 bits per heavy atom. The van der Waals surface area contributed by atoms with Crippen molar-refractivity contribution < 1.29 is 39.2 Å². The number of aliphatic hydroxyl groups is 1. The Kier molecular flexibility index (Phi) is 7.01. The van der Waals surface area contributed by atoms with Gasteiger partial charge in [0.25, 0.3) is 5.09 Å². The molecule has 0 bridgehead atoms. The molecular formula is C14H15NO9. The van der Waals surface area contributed by atoms with E-state index in [1.807, 2.05) is 0 Å². The number of esters is 1. The molecule has 24 heavy (non-hydrogen) atoms. The van der Waals surface area contributed by atoms with E-state index in [9.17, 15) is 24.8 Å². The first-order chi connectivity index (χ1) is 11.3. The van der Waals surface area contributed by atoms with E-state index in [4.69, 9.17) is 14.6 Å². The van der Waals surface area contributed by atoms with Gasteiger partial charge in [-0.05, 0) is 30.2 Å². The van der Waals surface area contributed by atoms with Crippen molar-refractivity contribution in [1.82, 2.24) is 0 Å². The van der Waals surface area contributed by atoms with Gasteiger partial charge in [0.15, 0.2) is 11.5 Å². The van der Waals surface area contributed by atoms with Crippen molar-refractivity contribution in [2.75, 3.05) is 13.7 Å². The molecule has 0 aromatic heterocycles. The summed E-state index contributed by atoms with van der Waals surface area (Å²) in [4.78, 5) is 36.2. The van der Waals surface area contributed by atoms with Crippen LogP contribution in [0.25, 0.3) is 6.08 Å². The highest BCUT2D eigenvalue weighted by atomic mass is 16.9. The van der Waals surface area contributed by atoms with Crippen molar-refractivity contribution in [2.24, 2.45) is 0 Å². The zero-order valence-corrected chi connectivity index (χ0v) is 12.6. The van der Waals surface area contributed by atoms with Crippen molar-refractivity contribution in [1.29, 1.82) is 0 Å². The lowest BCUT2D eigenvalue weighted by Crippen LogP contribution is -2.11. The number of carbonyl (C=O) groups is 2. The van der Waals surface area contributed by atoms with Gasteiger partial charge in [0, 0.05) is 6.42 Å². The number of rotatable bonds is 9. The minimum absolute atomic E-state index is 0.0876. The summed E-state index contributed by atoms with van der Waals surface area (Å²) in [6.45, 7) is -0.225. The summed E-state index contributed by atoms with van der Waals surface area (Å²) in [5.74, 6) is -2.74. The van der Waals surface area contributed by atoms with Gasteiger partial charge in [-0.3, -0.25) is 4.79 Å². The molecule has 0 aliphatic heterocycles. The summed E-state index contributed by atoms with van der Waals surface area (Å²) >= 11 is 0. The van der Waals surface area contributed by atoms with Crippen LogP contribution < -0.4 is 9.47 Å². The van der Waals surface area contributed by atoms with E-state index in [0.29, 0.717) is 5.56 Å². The minimum Gasteiger partial charge on any atom is -0.502 e. The van der Waals surface area contributed by atoms with Crippen molar-refractivity contribution in [3.8, 4) is 11.5 Å². The summed E-state index contributed by atoms with van der Waals surface area (Å²) in [5.41, 5.74) is 0.325. The fourth-order valence-electron chi connectivity index (χ4n) is 1.61. The van der Waals surface area contributed by atoms with Crippen molar-refractivity contribution >= 4 is 18.0 Å². The maximum atomic E-state index is 11.6. The van der Waals surface area contributed by atoms with Crippen LogP contribution in [-0.4, -0.2) is 41.0 Å². The van der Waals surface area contributed by atoms with Gasteiger partial charge in [-0.25, -0.2) is 4.79 Å². The molecule has 0 unspecified atom stereocenters. The summed E-state index contributed by atoms with van der Waals surface area (Å²) in [6, 6.07) is 4.16. The number of carboxylic acid groups (broad SMARTS) is 1. The van der Waals surface area contributed by atoms with Gasteiger partial charge in [0.1, 0.15) is 0 Å². The number of methoxy groups -OCH3 is 1. The molecule has 0 radical (unpaired) electrons. The second-order valence-electron chi connectivity index (χ2n) is 4.38. The maximum absolute atomic E-state index is 11.6. The van der Waals surface area contributed by atoms with Crippen LogP contribution in [-0.2, 0) is 14.4 Å². The van der Waals surface area contributed by atoms with E-state index >= 15 is 0 Å². The Morgan fingerprint density at radius 1 is 1.29 bits per heavy atom. The third kappa shape index (κ3) is 6.22. The lowest BCUT2D eigenvalue weighted by Gasteiger charge is -2.10. The predicted octanol–water partition coefficient (Wildman–Crippen LogP) is 1.57. The largest absolute Gasteiger partial charge is 0.502 e. The second-order valence-corrected chi connectivity index (χ2v) is 4.38. The van der Waals surface area contributed by atoms with Crippen LogP contribution in [0, 0.1) is 10.1 Å². The lowest BCUT2D eigenvalue weighted by molar-refractivity contribution is -0.757. The monoisotopic (exact) mass is 341 g/mol. The minimum atomic E-state index is -1.48. The van der Waals surface area contributed by atoms with Gasteiger partial charge in [-0.15, -0.1) is 10.1 Å². The summed E-state index contributed by atoms with van der Waals surface area (Å²) in [7, 11) is 1.32. The molecule has 1 aromatic carbocycles. The molecule has 0 saturated carbocycles. The SMILES string of the molecule is COc1cc(C=C(O)C(=O)O)ccc1OC(=O)CCCO[N+](=O)[O-]. The number of hydrogen-bond donors (Lipinski definition) is 2. The first-order valence-electron chi connectivity index (χ1n) is 6.63. The number of carbonyl (C=O) groups excluding carboxylic acids is 1. The van der Waals surface area contributed by atoms with Crippen LogP contribution in [0.4, 0.5) is 0 Å². The Morgan fingerprint density at radius 3 is 2.58 bits per heavy atom. The highest BCUT2D eigenvalue weighted by Crippen LogP contribution is 2.29. The Balaban J connectivity index is 2.71. The number of ether oxygens (including phenoxy) is 2. The van der Waals surface area contributed by atoms with E-state index in [2.05, 4.69) is 4.84 Å². The molecule has 10 heteroatoms. The first kappa shape index (κ1) is 18.7. The molecule has 0 spiro atoms. The van der Waals surface area contributed by atoms with Gasteiger partial charge in [0.05, 0.1) is 13.7 Å². The van der Waals surface area contributed by atoms with Gasteiger partial charge < -0.3 is 24.5 Å². The molecule has 0 aliphatic rings. The average Bonchev–Trinajstić information content (AvgIpc) is 2.52. The van der Waals surface area contributed by atoms with Crippen LogP contribution in [0.2, 0.25) is 0 Å². The summed E-state index contributed by atoms with van der Waals surface area (Å²) < 4.78 is 10.1. The quantitative estimate of drug-likeness (QED) is 0.130. The first-order valence-corrected chi connectivity index (χ1v) is 6.63. The topological polar surface area (TPSA) is 145 Å². The van der Waals surface area contributed by atoms with Crippen LogP contribution in [0.5, 0.6) is 11.5 Å². The highest BCUT2D eigenvalue weighted by molar-refractivity contribution is 5.89. The molecule has 10 nitrogen and oxygen atoms in total. The standard InChI is InChI=1S/C14H15NO9/c1-22-12-8-9(7-10(16)14(18)19)4-5-11(12)24-13(17)3-2-6-23-15(20)21/h4-5,7-8,16H,2-3,6H2,1H3,(H,18,19). The van der Waals surface area contributed by atoms with Gasteiger partial charge >= 0.3 is 11.9 Å². The zero-order chi connectivity index (χ0) is 18.1. The van der Waals surface area contributed by atoms with E-state index < -0.39 is 22.8 Å². The third-order valence-electron chi connectivity index (χ3n) is 2.66. The molecule has 1 aromatic rings. The molecule has 130 valence electrons. The second kappa shape index (κ2) is 8.98. The van der Waals surface area contributed by atoms with Crippen molar-refractivity contribution in [3.63, 3.8) is 0 Å². The summed E-state index contributed by atoms with van der Waals surface area (Å²) in [6.07, 6.45) is 1.01. The van der Waals surface area contributed by atoms with Gasteiger partial charge in [0.2, 0.25) is 5.76 Å². The predicted molar refractivity (Wildman–Crippen MR) is 79.1 cm³/mol. The molecule has 0 amide bonds. The number of aliphatic hydroxyl groups excluding tert-OH is 1. The van der Waals surface area contributed by atoms with E-state index in [1.165, 1.54) is 25.3 Å². The van der Waals surface area contributed by atoms with E-state index in [-0.39, 0.29) is 30.9 Å². The lowest BCUT2D eigenvalue weighted by atomic mass is 10.1. The molecule has 0 saturated heterocycles. The summed E-state index contributed by atoms with van der Waals surface area (Å²) in [5, 5.41) is 26.8. The molecule has 0 heterocycles. The Bertz CT molecular complexity index is 654. The number of benzene rings is 1. The van der Waals surface area contributed by atoms with Gasteiger partial charge in [-0.1, -0.05) is 6.07 Å². The molecule has 0 fully saturated rings. The van der Waals surface area contributed by atoms with Crippen molar-refractivity contribution in [3.05, 3.63) is 39.6 Å².